The smallest absolute Gasteiger partial charge is 0.255 e. The number of ether oxygens (including phenoxy) is 1. The van der Waals surface area contributed by atoms with Gasteiger partial charge in [-0.15, -0.1) is 0 Å². The minimum absolute atomic E-state index is 0.0382. The van der Waals surface area contributed by atoms with Crippen LogP contribution in [-0.2, 0) is 6.54 Å². The third-order valence-electron chi connectivity index (χ3n) is 4.05. The number of nitrogen functional groups attached to an aromatic ring is 1. The highest BCUT2D eigenvalue weighted by Gasteiger charge is 2.13. The Hall–Kier alpha value is -2.89. The molecule has 0 radical (unpaired) electrons. The standard InChI is InChI=1S/C21H26FN3O2/c1-3-4-5-6-7-13-27-18-10-8-9-16(19(18)22)14-24-21(26)17-12-11-15(2)25-20(17)23/h3-4,8-12H,5-7,13-14H2,1-2H3,(H2,23,25)(H,24,26)/b4-3+. The molecule has 27 heavy (non-hydrogen) atoms. The molecule has 0 saturated carbocycles. The van der Waals surface area contributed by atoms with Crippen LogP contribution in [0.4, 0.5) is 10.2 Å². The lowest BCUT2D eigenvalue weighted by Crippen LogP contribution is -2.24. The molecule has 3 N–H and O–H groups in total. The van der Waals surface area contributed by atoms with Gasteiger partial charge in [-0.25, -0.2) is 9.37 Å². The molecule has 0 aliphatic carbocycles. The monoisotopic (exact) mass is 371 g/mol. The lowest BCUT2D eigenvalue weighted by atomic mass is 10.1. The molecule has 2 rings (SSSR count). The Labute approximate surface area is 159 Å². The van der Waals surface area contributed by atoms with E-state index in [4.69, 9.17) is 10.5 Å². The maximum Gasteiger partial charge on any atom is 0.255 e. The van der Waals surface area contributed by atoms with Gasteiger partial charge in [0.1, 0.15) is 5.82 Å². The second kappa shape index (κ2) is 10.3. The number of carbonyl (C=O) groups excluding carboxylic acids is 1. The molecule has 0 atom stereocenters. The molecule has 1 heterocycles. The predicted molar refractivity (Wildman–Crippen MR) is 105 cm³/mol. The van der Waals surface area contributed by atoms with Gasteiger partial charge < -0.3 is 15.8 Å². The highest BCUT2D eigenvalue weighted by Crippen LogP contribution is 2.21. The van der Waals surface area contributed by atoms with Gasteiger partial charge in [0, 0.05) is 17.8 Å². The van der Waals surface area contributed by atoms with Gasteiger partial charge in [-0.1, -0.05) is 24.3 Å². The summed E-state index contributed by atoms with van der Waals surface area (Å²) in [6, 6.07) is 8.23. The number of pyridine rings is 1. The zero-order valence-electron chi connectivity index (χ0n) is 15.8. The number of unbranched alkanes of at least 4 members (excludes halogenated alkanes) is 2. The zero-order chi connectivity index (χ0) is 19.6. The normalized spacial score (nSPS) is 10.9. The second-order valence-corrected chi connectivity index (χ2v) is 6.21. The van der Waals surface area contributed by atoms with Gasteiger partial charge >= 0.3 is 0 Å². The van der Waals surface area contributed by atoms with E-state index in [-0.39, 0.29) is 23.7 Å². The maximum absolute atomic E-state index is 14.6. The second-order valence-electron chi connectivity index (χ2n) is 6.21. The highest BCUT2D eigenvalue weighted by atomic mass is 19.1. The van der Waals surface area contributed by atoms with Crippen LogP contribution in [0.25, 0.3) is 0 Å². The predicted octanol–water partition coefficient (Wildman–Crippen LogP) is 4.17. The van der Waals surface area contributed by atoms with Gasteiger partial charge in [0.25, 0.3) is 5.91 Å². The molecule has 0 aliphatic rings. The highest BCUT2D eigenvalue weighted by molar-refractivity contribution is 5.98. The Kier molecular flexibility index (Phi) is 7.79. The van der Waals surface area contributed by atoms with Gasteiger partial charge in [0.2, 0.25) is 0 Å². The Balaban J connectivity index is 1.92. The van der Waals surface area contributed by atoms with Crippen molar-refractivity contribution in [1.82, 2.24) is 10.3 Å². The first-order valence-corrected chi connectivity index (χ1v) is 9.05. The lowest BCUT2D eigenvalue weighted by Gasteiger charge is -2.11. The van der Waals surface area contributed by atoms with Crippen molar-refractivity contribution in [3.05, 3.63) is 65.1 Å². The van der Waals surface area contributed by atoms with Crippen molar-refractivity contribution in [1.29, 1.82) is 0 Å². The summed E-state index contributed by atoms with van der Waals surface area (Å²) in [7, 11) is 0. The summed E-state index contributed by atoms with van der Waals surface area (Å²) in [5.74, 6) is -0.497. The van der Waals surface area contributed by atoms with Gasteiger partial charge in [-0.05, 0) is 51.3 Å². The van der Waals surface area contributed by atoms with Gasteiger partial charge in [-0.3, -0.25) is 4.79 Å². The van der Waals surface area contributed by atoms with Crippen LogP contribution in [0.15, 0.2) is 42.5 Å². The Morgan fingerprint density at radius 2 is 2.11 bits per heavy atom. The third-order valence-corrected chi connectivity index (χ3v) is 4.05. The molecule has 0 spiro atoms. The number of aryl methyl sites for hydroxylation is 1. The number of hydrogen-bond donors (Lipinski definition) is 2. The molecule has 0 aliphatic heterocycles. The fraction of sp³-hybridized carbons (Fsp3) is 0.333. The number of nitrogens with zero attached hydrogens (tertiary/aromatic N) is 1. The SMILES string of the molecule is C/C=C/CCCCOc1cccc(CNC(=O)c2ccc(C)nc2N)c1F. The largest absolute Gasteiger partial charge is 0.491 e. The van der Waals surface area contributed by atoms with Crippen LogP contribution in [0.3, 0.4) is 0 Å². The molecule has 0 fully saturated rings. The maximum atomic E-state index is 14.6. The molecule has 0 saturated heterocycles. The average Bonchev–Trinajstić information content (AvgIpc) is 2.64. The first kappa shape index (κ1) is 20.4. The van der Waals surface area contributed by atoms with E-state index < -0.39 is 11.7 Å². The van der Waals surface area contributed by atoms with Gasteiger partial charge in [0.05, 0.1) is 12.2 Å². The molecular weight excluding hydrogens is 345 g/mol. The number of halogens is 1. The molecule has 6 heteroatoms. The van der Waals surface area contributed by atoms with E-state index in [1.54, 1.807) is 37.3 Å². The van der Waals surface area contributed by atoms with Crippen molar-refractivity contribution in [2.45, 2.75) is 39.7 Å². The fourth-order valence-electron chi connectivity index (χ4n) is 2.56. The van der Waals surface area contributed by atoms with Crippen LogP contribution in [0.5, 0.6) is 5.75 Å². The summed E-state index contributed by atoms with van der Waals surface area (Å²) in [6.45, 7) is 4.27. The first-order chi connectivity index (χ1) is 13.0. The topological polar surface area (TPSA) is 77.2 Å². The van der Waals surface area contributed by atoms with E-state index >= 15 is 0 Å². The number of carbonyl (C=O) groups is 1. The molecule has 1 aromatic heterocycles. The van der Waals surface area contributed by atoms with E-state index in [0.717, 1.165) is 25.0 Å². The molecule has 1 aromatic carbocycles. The van der Waals surface area contributed by atoms with E-state index in [1.807, 2.05) is 13.0 Å². The number of hydrogen-bond acceptors (Lipinski definition) is 4. The number of benzene rings is 1. The van der Waals surface area contributed by atoms with Crippen molar-refractivity contribution in [3.63, 3.8) is 0 Å². The van der Waals surface area contributed by atoms with E-state index in [2.05, 4.69) is 16.4 Å². The van der Waals surface area contributed by atoms with Crippen molar-refractivity contribution in [2.24, 2.45) is 0 Å². The van der Waals surface area contributed by atoms with Crippen LogP contribution in [0, 0.1) is 12.7 Å². The number of allylic oxidation sites excluding steroid dienone is 2. The fourth-order valence-corrected chi connectivity index (χ4v) is 2.56. The van der Waals surface area contributed by atoms with E-state index in [0.29, 0.717) is 12.2 Å². The van der Waals surface area contributed by atoms with Gasteiger partial charge in [-0.2, -0.15) is 0 Å². The minimum Gasteiger partial charge on any atom is -0.491 e. The van der Waals surface area contributed by atoms with Crippen LogP contribution < -0.4 is 15.8 Å². The number of anilines is 1. The van der Waals surface area contributed by atoms with E-state index in [9.17, 15) is 9.18 Å². The van der Waals surface area contributed by atoms with Crippen LogP contribution >= 0.6 is 0 Å². The average molecular weight is 371 g/mol. The zero-order valence-corrected chi connectivity index (χ0v) is 15.8. The summed E-state index contributed by atoms with van der Waals surface area (Å²) in [4.78, 5) is 16.3. The number of nitrogens with two attached hydrogens (primary N) is 1. The first-order valence-electron chi connectivity index (χ1n) is 9.05. The number of rotatable bonds is 9. The Morgan fingerprint density at radius 3 is 2.85 bits per heavy atom. The van der Waals surface area contributed by atoms with Crippen molar-refractivity contribution in [3.8, 4) is 5.75 Å². The Morgan fingerprint density at radius 1 is 1.30 bits per heavy atom. The molecule has 0 bridgehead atoms. The summed E-state index contributed by atoms with van der Waals surface area (Å²) >= 11 is 0. The number of aromatic nitrogens is 1. The molecule has 5 nitrogen and oxygen atoms in total. The minimum atomic E-state index is -0.457. The summed E-state index contributed by atoms with van der Waals surface area (Å²) in [5.41, 5.74) is 7.13. The number of amides is 1. The lowest BCUT2D eigenvalue weighted by molar-refractivity contribution is 0.0951. The summed E-state index contributed by atoms with van der Waals surface area (Å²) in [5, 5.41) is 2.67. The molecule has 144 valence electrons. The summed E-state index contributed by atoms with van der Waals surface area (Å²) < 4.78 is 20.1. The van der Waals surface area contributed by atoms with Crippen LogP contribution in [0.2, 0.25) is 0 Å². The number of nitrogens with one attached hydrogen (secondary N) is 1. The third kappa shape index (κ3) is 6.09. The van der Waals surface area contributed by atoms with Crippen molar-refractivity contribution >= 4 is 11.7 Å². The van der Waals surface area contributed by atoms with Crippen LogP contribution in [-0.4, -0.2) is 17.5 Å². The van der Waals surface area contributed by atoms with Crippen molar-refractivity contribution < 1.29 is 13.9 Å². The quantitative estimate of drug-likeness (QED) is 0.512. The summed E-state index contributed by atoms with van der Waals surface area (Å²) in [6.07, 6.45) is 6.95. The molecular formula is C21H26FN3O2. The van der Waals surface area contributed by atoms with Crippen molar-refractivity contribution in [2.75, 3.05) is 12.3 Å². The van der Waals surface area contributed by atoms with Crippen LogP contribution in [0.1, 0.15) is 47.8 Å². The van der Waals surface area contributed by atoms with E-state index in [1.165, 1.54) is 0 Å². The van der Waals surface area contributed by atoms with Gasteiger partial charge in [0.15, 0.2) is 11.6 Å². The Bertz CT molecular complexity index is 806. The molecule has 2 aromatic rings. The molecule has 1 amide bonds. The molecule has 0 unspecified atom stereocenters.